The van der Waals surface area contributed by atoms with E-state index in [0.29, 0.717) is 0 Å². The molecular weight excluding hydrogens is 224 g/mol. The molecule has 0 bridgehead atoms. The van der Waals surface area contributed by atoms with Crippen LogP contribution in [0.2, 0.25) is 0 Å². The molecule has 0 fully saturated rings. The summed E-state index contributed by atoms with van der Waals surface area (Å²) in [5.74, 6) is 0.942. The maximum atomic E-state index is 4.35. The first-order chi connectivity index (χ1) is 8.68. The molecule has 1 heterocycles. The van der Waals surface area contributed by atoms with Gasteiger partial charge in [-0.2, -0.15) is 0 Å². The Balaban J connectivity index is 2.13. The van der Waals surface area contributed by atoms with Crippen LogP contribution in [0.25, 0.3) is 10.9 Å². The maximum absolute atomic E-state index is 4.35. The smallest absolute Gasteiger partial charge is 0.137 e. The summed E-state index contributed by atoms with van der Waals surface area (Å²) in [6, 6.07) is 6.15. The van der Waals surface area contributed by atoms with Crippen LogP contribution in [-0.4, -0.2) is 42.1 Å². The molecule has 0 saturated heterocycles. The van der Waals surface area contributed by atoms with Crippen molar-refractivity contribution in [2.24, 2.45) is 0 Å². The second-order valence-electron chi connectivity index (χ2n) is 4.77. The molecule has 0 atom stereocenters. The average Bonchev–Trinajstić information content (AvgIpc) is 2.34. The predicted molar refractivity (Wildman–Crippen MR) is 75.9 cm³/mol. The molecule has 0 aliphatic heterocycles. The van der Waals surface area contributed by atoms with Crippen molar-refractivity contribution < 1.29 is 0 Å². The zero-order chi connectivity index (χ0) is 13.0. The molecule has 4 nitrogen and oxygen atoms in total. The first-order valence-corrected chi connectivity index (χ1v) is 6.27. The number of hydrogen-bond donors (Lipinski definition) is 1. The number of fused-ring (bicyclic) bond motifs is 1. The topological polar surface area (TPSA) is 41.1 Å². The number of aromatic nitrogens is 2. The summed E-state index contributed by atoms with van der Waals surface area (Å²) in [5.41, 5.74) is 2.21. The lowest BCUT2D eigenvalue weighted by molar-refractivity contribution is 0.405. The molecule has 0 radical (unpaired) electrons. The van der Waals surface area contributed by atoms with E-state index in [0.717, 1.165) is 36.2 Å². The number of nitrogens with one attached hydrogen (secondary N) is 1. The van der Waals surface area contributed by atoms with E-state index in [1.165, 1.54) is 5.56 Å². The standard InChI is InChI=1S/C14H20N4/c1-11-6-4-7-12-13(11)14(17-10-16-12)15-8-5-9-18(2)3/h4,6-7,10H,5,8-9H2,1-3H3,(H,15,16,17). The van der Waals surface area contributed by atoms with Crippen molar-refractivity contribution in [1.29, 1.82) is 0 Å². The summed E-state index contributed by atoms with van der Waals surface area (Å²) in [6.45, 7) is 4.10. The van der Waals surface area contributed by atoms with Crippen molar-refractivity contribution in [3.05, 3.63) is 30.1 Å². The van der Waals surface area contributed by atoms with Gasteiger partial charge >= 0.3 is 0 Å². The molecule has 0 saturated carbocycles. The Kier molecular flexibility index (Phi) is 4.10. The van der Waals surface area contributed by atoms with Gasteiger partial charge in [-0.3, -0.25) is 0 Å². The van der Waals surface area contributed by atoms with Gasteiger partial charge in [-0.25, -0.2) is 9.97 Å². The summed E-state index contributed by atoms with van der Waals surface area (Å²) in [6.07, 6.45) is 2.72. The van der Waals surface area contributed by atoms with Crippen molar-refractivity contribution >= 4 is 16.7 Å². The minimum atomic E-state index is 0.929. The molecule has 18 heavy (non-hydrogen) atoms. The molecule has 0 aliphatic carbocycles. The lowest BCUT2D eigenvalue weighted by atomic mass is 10.1. The van der Waals surface area contributed by atoms with Crippen LogP contribution in [0.4, 0.5) is 5.82 Å². The third-order valence-corrected chi connectivity index (χ3v) is 2.95. The molecule has 1 aromatic carbocycles. The van der Waals surface area contributed by atoms with Gasteiger partial charge in [0.05, 0.1) is 5.52 Å². The van der Waals surface area contributed by atoms with Gasteiger partial charge in [0, 0.05) is 11.9 Å². The fourth-order valence-corrected chi connectivity index (χ4v) is 2.02. The number of nitrogens with zero attached hydrogens (tertiary/aromatic N) is 3. The van der Waals surface area contributed by atoms with Gasteiger partial charge in [0.15, 0.2) is 0 Å². The van der Waals surface area contributed by atoms with Gasteiger partial charge in [0.25, 0.3) is 0 Å². The molecule has 1 N–H and O–H groups in total. The normalized spacial score (nSPS) is 11.1. The van der Waals surface area contributed by atoms with E-state index in [1.54, 1.807) is 6.33 Å². The molecule has 0 spiro atoms. The Hall–Kier alpha value is -1.68. The van der Waals surface area contributed by atoms with Crippen LogP contribution in [0.3, 0.4) is 0 Å². The average molecular weight is 244 g/mol. The summed E-state index contributed by atoms with van der Waals surface area (Å²) in [7, 11) is 4.18. The Labute approximate surface area is 108 Å². The van der Waals surface area contributed by atoms with E-state index in [9.17, 15) is 0 Å². The van der Waals surface area contributed by atoms with Crippen LogP contribution in [0.1, 0.15) is 12.0 Å². The van der Waals surface area contributed by atoms with Gasteiger partial charge in [-0.15, -0.1) is 0 Å². The SMILES string of the molecule is Cc1cccc2ncnc(NCCCN(C)C)c12. The van der Waals surface area contributed by atoms with Crippen molar-refractivity contribution in [2.45, 2.75) is 13.3 Å². The van der Waals surface area contributed by atoms with Crippen LogP contribution in [-0.2, 0) is 0 Å². The molecule has 0 unspecified atom stereocenters. The third-order valence-electron chi connectivity index (χ3n) is 2.95. The molecule has 0 amide bonds. The number of hydrogen-bond acceptors (Lipinski definition) is 4. The zero-order valence-corrected chi connectivity index (χ0v) is 11.3. The van der Waals surface area contributed by atoms with Crippen LogP contribution in [0.15, 0.2) is 24.5 Å². The quantitative estimate of drug-likeness (QED) is 0.819. The lowest BCUT2D eigenvalue weighted by Crippen LogP contribution is -2.16. The molecule has 2 aromatic rings. The van der Waals surface area contributed by atoms with Gasteiger partial charge in [0.2, 0.25) is 0 Å². The highest BCUT2D eigenvalue weighted by molar-refractivity contribution is 5.91. The molecule has 4 heteroatoms. The predicted octanol–water partition coefficient (Wildman–Crippen LogP) is 2.30. The first kappa shape index (κ1) is 12.8. The summed E-state index contributed by atoms with van der Waals surface area (Å²) in [4.78, 5) is 10.8. The zero-order valence-electron chi connectivity index (χ0n) is 11.3. The largest absolute Gasteiger partial charge is 0.369 e. The van der Waals surface area contributed by atoms with Gasteiger partial charge < -0.3 is 10.2 Å². The number of anilines is 1. The molecule has 1 aromatic heterocycles. The van der Waals surface area contributed by atoms with Crippen molar-refractivity contribution in [3.8, 4) is 0 Å². The number of benzene rings is 1. The highest BCUT2D eigenvalue weighted by Gasteiger charge is 2.05. The van der Waals surface area contributed by atoms with E-state index in [1.807, 2.05) is 12.1 Å². The number of aryl methyl sites for hydroxylation is 1. The minimum absolute atomic E-state index is 0.929. The molecule has 2 rings (SSSR count). The van der Waals surface area contributed by atoms with Crippen LogP contribution < -0.4 is 5.32 Å². The first-order valence-electron chi connectivity index (χ1n) is 6.27. The lowest BCUT2D eigenvalue weighted by Gasteiger charge is -2.12. The van der Waals surface area contributed by atoms with Crippen molar-refractivity contribution in [2.75, 3.05) is 32.5 Å². The van der Waals surface area contributed by atoms with E-state index in [-0.39, 0.29) is 0 Å². The Morgan fingerprint density at radius 1 is 1.22 bits per heavy atom. The summed E-state index contributed by atoms with van der Waals surface area (Å²) < 4.78 is 0. The van der Waals surface area contributed by atoms with Crippen molar-refractivity contribution in [3.63, 3.8) is 0 Å². The Morgan fingerprint density at radius 3 is 2.83 bits per heavy atom. The maximum Gasteiger partial charge on any atom is 0.137 e. The van der Waals surface area contributed by atoms with E-state index >= 15 is 0 Å². The van der Waals surface area contributed by atoms with Gasteiger partial charge in [-0.1, -0.05) is 12.1 Å². The van der Waals surface area contributed by atoms with E-state index < -0.39 is 0 Å². The third kappa shape index (κ3) is 2.96. The minimum Gasteiger partial charge on any atom is -0.369 e. The van der Waals surface area contributed by atoms with Crippen LogP contribution in [0.5, 0.6) is 0 Å². The van der Waals surface area contributed by atoms with E-state index in [4.69, 9.17) is 0 Å². The van der Waals surface area contributed by atoms with Crippen LogP contribution >= 0.6 is 0 Å². The fraction of sp³-hybridized carbons (Fsp3) is 0.429. The highest BCUT2D eigenvalue weighted by atomic mass is 15.1. The van der Waals surface area contributed by atoms with Crippen LogP contribution in [0, 0.1) is 6.92 Å². The monoisotopic (exact) mass is 244 g/mol. The Morgan fingerprint density at radius 2 is 2.06 bits per heavy atom. The molecule has 0 aliphatic rings. The Bertz CT molecular complexity index is 517. The van der Waals surface area contributed by atoms with Crippen molar-refractivity contribution in [1.82, 2.24) is 14.9 Å². The second-order valence-corrected chi connectivity index (χ2v) is 4.77. The summed E-state index contributed by atoms with van der Waals surface area (Å²) in [5, 5.41) is 4.54. The number of rotatable bonds is 5. The van der Waals surface area contributed by atoms with E-state index in [2.05, 4.69) is 47.3 Å². The summed E-state index contributed by atoms with van der Waals surface area (Å²) >= 11 is 0. The molecule has 96 valence electrons. The highest BCUT2D eigenvalue weighted by Crippen LogP contribution is 2.22. The van der Waals surface area contributed by atoms with Gasteiger partial charge in [0.1, 0.15) is 12.1 Å². The molecular formula is C14H20N4. The fourth-order valence-electron chi connectivity index (χ4n) is 2.02. The second kappa shape index (κ2) is 5.78. The van der Waals surface area contributed by atoms with Gasteiger partial charge in [-0.05, 0) is 45.6 Å².